The van der Waals surface area contributed by atoms with Crippen LogP contribution in [0.15, 0.2) is 47.1 Å². The van der Waals surface area contributed by atoms with Gasteiger partial charge in [-0.3, -0.25) is 9.59 Å². The fourth-order valence-electron chi connectivity index (χ4n) is 4.08. The van der Waals surface area contributed by atoms with E-state index < -0.39 is 0 Å². The molecule has 2 aromatic rings. The van der Waals surface area contributed by atoms with Crippen LogP contribution < -0.4 is 4.74 Å². The second kappa shape index (κ2) is 8.06. The zero-order valence-electron chi connectivity index (χ0n) is 15.9. The van der Waals surface area contributed by atoms with E-state index in [2.05, 4.69) is 0 Å². The summed E-state index contributed by atoms with van der Waals surface area (Å²) >= 11 is 0. The molecule has 2 unspecified atom stereocenters. The van der Waals surface area contributed by atoms with Crippen LogP contribution in [0.4, 0.5) is 0 Å². The van der Waals surface area contributed by atoms with E-state index in [1.165, 1.54) is 6.26 Å². The van der Waals surface area contributed by atoms with Crippen molar-refractivity contribution in [2.45, 2.75) is 5.92 Å². The van der Waals surface area contributed by atoms with Crippen molar-refractivity contribution in [3.05, 3.63) is 54.0 Å². The third kappa shape index (κ3) is 3.49. The highest BCUT2D eigenvalue weighted by atomic mass is 16.5. The van der Waals surface area contributed by atoms with E-state index in [0.717, 1.165) is 11.3 Å². The molecule has 0 aliphatic carbocycles. The molecule has 7 nitrogen and oxygen atoms in total. The monoisotopic (exact) mass is 384 g/mol. The van der Waals surface area contributed by atoms with Gasteiger partial charge in [0.15, 0.2) is 5.76 Å². The molecule has 1 aromatic heterocycles. The normalized spacial score (nSPS) is 22.3. The maximum Gasteiger partial charge on any atom is 0.289 e. The lowest BCUT2D eigenvalue weighted by molar-refractivity contribution is -0.139. The van der Waals surface area contributed by atoms with Crippen molar-refractivity contribution >= 4 is 11.8 Å². The number of rotatable bonds is 4. The zero-order valence-corrected chi connectivity index (χ0v) is 15.9. The van der Waals surface area contributed by atoms with Crippen molar-refractivity contribution in [1.29, 1.82) is 0 Å². The van der Waals surface area contributed by atoms with Crippen LogP contribution in [0.25, 0.3) is 0 Å². The minimum absolute atomic E-state index is 0.0638. The summed E-state index contributed by atoms with van der Waals surface area (Å²) in [5.74, 6) is 0.438. The van der Waals surface area contributed by atoms with E-state index >= 15 is 0 Å². The number of amides is 2. The van der Waals surface area contributed by atoms with Gasteiger partial charge in [-0.25, -0.2) is 0 Å². The van der Waals surface area contributed by atoms with Crippen LogP contribution in [0.3, 0.4) is 0 Å². The summed E-state index contributed by atoms with van der Waals surface area (Å²) in [4.78, 5) is 29.7. The SMILES string of the molecule is COc1ccccc1C1CN(C(=O)c2ccco2)CC1C(=O)N1CCOCC1. The van der Waals surface area contributed by atoms with Crippen LogP contribution in [0, 0.1) is 5.92 Å². The molecule has 0 N–H and O–H groups in total. The molecular weight excluding hydrogens is 360 g/mol. The number of para-hydroxylation sites is 1. The zero-order chi connectivity index (χ0) is 19.5. The molecule has 2 amide bonds. The summed E-state index contributed by atoms with van der Waals surface area (Å²) < 4.78 is 16.2. The Morgan fingerprint density at radius 3 is 2.54 bits per heavy atom. The molecule has 7 heteroatoms. The van der Waals surface area contributed by atoms with E-state index in [1.54, 1.807) is 24.1 Å². The summed E-state index contributed by atoms with van der Waals surface area (Å²) in [6, 6.07) is 11.1. The van der Waals surface area contributed by atoms with Crippen molar-refractivity contribution in [1.82, 2.24) is 9.80 Å². The van der Waals surface area contributed by atoms with Gasteiger partial charge in [-0.15, -0.1) is 0 Å². The lowest BCUT2D eigenvalue weighted by atomic mass is 9.87. The van der Waals surface area contributed by atoms with E-state index in [-0.39, 0.29) is 23.7 Å². The van der Waals surface area contributed by atoms with Gasteiger partial charge in [0.1, 0.15) is 5.75 Å². The first kappa shape index (κ1) is 18.6. The highest BCUT2D eigenvalue weighted by Gasteiger charge is 2.43. The van der Waals surface area contributed by atoms with Crippen molar-refractivity contribution in [3.8, 4) is 5.75 Å². The van der Waals surface area contributed by atoms with Gasteiger partial charge in [0.2, 0.25) is 5.91 Å². The van der Waals surface area contributed by atoms with Gasteiger partial charge in [0.05, 0.1) is 32.5 Å². The second-order valence-corrected chi connectivity index (χ2v) is 7.08. The number of morpholine rings is 1. The van der Waals surface area contributed by atoms with Gasteiger partial charge in [-0.2, -0.15) is 0 Å². The average Bonchev–Trinajstić information content (AvgIpc) is 3.43. The number of carbonyl (C=O) groups excluding carboxylic acids is 2. The Kier molecular flexibility index (Phi) is 5.34. The van der Waals surface area contributed by atoms with Gasteiger partial charge >= 0.3 is 0 Å². The molecule has 148 valence electrons. The predicted octanol–water partition coefficient (Wildman–Crippen LogP) is 2.00. The lowest BCUT2D eigenvalue weighted by Gasteiger charge is -2.31. The van der Waals surface area contributed by atoms with E-state index in [9.17, 15) is 9.59 Å². The van der Waals surface area contributed by atoms with E-state index in [0.29, 0.717) is 45.2 Å². The number of methoxy groups -OCH3 is 1. The van der Waals surface area contributed by atoms with Crippen LogP contribution in [0.5, 0.6) is 5.75 Å². The fourth-order valence-corrected chi connectivity index (χ4v) is 4.08. The van der Waals surface area contributed by atoms with Crippen LogP contribution in [-0.2, 0) is 9.53 Å². The fraction of sp³-hybridized carbons (Fsp3) is 0.429. The Morgan fingerprint density at radius 1 is 1.04 bits per heavy atom. The minimum Gasteiger partial charge on any atom is -0.496 e. The van der Waals surface area contributed by atoms with E-state index in [1.807, 2.05) is 29.2 Å². The topological polar surface area (TPSA) is 72.2 Å². The number of ether oxygens (including phenoxy) is 2. The van der Waals surface area contributed by atoms with Gasteiger partial charge in [-0.1, -0.05) is 18.2 Å². The predicted molar refractivity (Wildman–Crippen MR) is 101 cm³/mol. The van der Waals surface area contributed by atoms with Gasteiger partial charge in [0.25, 0.3) is 5.91 Å². The summed E-state index contributed by atoms with van der Waals surface area (Å²) in [7, 11) is 1.62. The van der Waals surface area contributed by atoms with Crippen LogP contribution in [0.2, 0.25) is 0 Å². The standard InChI is InChI=1S/C21H24N2O5/c1-26-18-6-3-2-5-15(18)16-13-23(21(25)19-7-4-10-28-19)14-17(16)20(24)22-8-11-27-12-9-22/h2-7,10,16-17H,8-9,11-14H2,1H3. The van der Waals surface area contributed by atoms with Crippen LogP contribution in [0.1, 0.15) is 22.0 Å². The number of nitrogens with zero attached hydrogens (tertiary/aromatic N) is 2. The summed E-state index contributed by atoms with van der Waals surface area (Å²) in [6.07, 6.45) is 1.48. The molecule has 4 rings (SSSR count). The van der Waals surface area contributed by atoms with Gasteiger partial charge in [0, 0.05) is 32.1 Å². The van der Waals surface area contributed by atoms with Crippen molar-refractivity contribution in [2.75, 3.05) is 46.5 Å². The maximum absolute atomic E-state index is 13.3. The molecule has 2 aliphatic heterocycles. The highest BCUT2D eigenvalue weighted by Crippen LogP contribution is 2.39. The summed E-state index contributed by atoms with van der Waals surface area (Å²) in [5, 5.41) is 0. The van der Waals surface area contributed by atoms with Crippen LogP contribution >= 0.6 is 0 Å². The molecule has 28 heavy (non-hydrogen) atoms. The molecule has 2 aliphatic rings. The molecule has 2 saturated heterocycles. The number of likely N-dealkylation sites (tertiary alicyclic amines) is 1. The molecule has 2 fully saturated rings. The largest absolute Gasteiger partial charge is 0.496 e. The Morgan fingerprint density at radius 2 is 1.82 bits per heavy atom. The maximum atomic E-state index is 13.3. The molecule has 1 aromatic carbocycles. The molecule has 0 saturated carbocycles. The van der Waals surface area contributed by atoms with Gasteiger partial charge in [-0.05, 0) is 23.8 Å². The first-order chi connectivity index (χ1) is 13.7. The Labute approximate surface area is 163 Å². The highest BCUT2D eigenvalue weighted by molar-refractivity contribution is 5.93. The Hall–Kier alpha value is -2.80. The number of carbonyl (C=O) groups is 2. The quantitative estimate of drug-likeness (QED) is 0.806. The molecule has 0 radical (unpaired) electrons. The summed E-state index contributed by atoms with van der Waals surface area (Å²) in [6.45, 7) is 3.07. The first-order valence-corrected chi connectivity index (χ1v) is 9.51. The Balaban J connectivity index is 1.63. The smallest absolute Gasteiger partial charge is 0.289 e. The summed E-state index contributed by atoms with van der Waals surface area (Å²) in [5.41, 5.74) is 0.950. The number of hydrogen-bond acceptors (Lipinski definition) is 5. The second-order valence-electron chi connectivity index (χ2n) is 7.08. The van der Waals surface area contributed by atoms with Crippen molar-refractivity contribution in [3.63, 3.8) is 0 Å². The minimum atomic E-state index is -0.326. The van der Waals surface area contributed by atoms with Crippen LogP contribution in [-0.4, -0.2) is 68.1 Å². The molecular formula is C21H24N2O5. The first-order valence-electron chi connectivity index (χ1n) is 9.51. The molecule has 2 atom stereocenters. The lowest BCUT2D eigenvalue weighted by Crippen LogP contribution is -2.45. The Bertz CT molecular complexity index is 829. The number of hydrogen-bond donors (Lipinski definition) is 0. The number of benzene rings is 1. The molecule has 3 heterocycles. The van der Waals surface area contributed by atoms with E-state index in [4.69, 9.17) is 13.9 Å². The van der Waals surface area contributed by atoms with Crippen molar-refractivity contribution in [2.24, 2.45) is 5.92 Å². The average molecular weight is 384 g/mol. The third-order valence-corrected chi connectivity index (χ3v) is 5.52. The molecule has 0 spiro atoms. The third-order valence-electron chi connectivity index (χ3n) is 5.52. The van der Waals surface area contributed by atoms with Gasteiger partial charge < -0.3 is 23.7 Å². The number of furan rings is 1. The molecule has 0 bridgehead atoms. The van der Waals surface area contributed by atoms with Crippen molar-refractivity contribution < 1.29 is 23.5 Å².